The quantitative estimate of drug-likeness (QED) is 0.636. The number of imidazole rings is 1. The van der Waals surface area contributed by atoms with Gasteiger partial charge in [0.1, 0.15) is 11.5 Å². The summed E-state index contributed by atoms with van der Waals surface area (Å²) in [6.07, 6.45) is 1.95. The zero-order valence-electron chi connectivity index (χ0n) is 15.7. The fourth-order valence-corrected chi connectivity index (χ4v) is 4.76. The predicted octanol–water partition coefficient (Wildman–Crippen LogP) is 2.03. The van der Waals surface area contributed by atoms with Crippen LogP contribution >= 0.6 is 23.2 Å². The van der Waals surface area contributed by atoms with Crippen molar-refractivity contribution in [3.05, 3.63) is 61.6 Å². The number of hydrogen-bond donors (Lipinski definition) is 2. The van der Waals surface area contributed by atoms with E-state index in [9.17, 15) is 14.0 Å². The Bertz CT molecular complexity index is 1230. The molecule has 2 unspecified atom stereocenters. The standard InChI is InChI=1S/C19H17Cl2FN6O2/c20-15-16(21)28-17(24-15)13(25-26-19(28)30)8-9-1-2-11(22)10(7-9)18(29)27-6-4-12-14(27)3-5-23-12/h1-2,7,12,14,23H,3-6,8H2,(H,26,30). The van der Waals surface area contributed by atoms with Gasteiger partial charge in [0, 0.05) is 25.0 Å². The van der Waals surface area contributed by atoms with Gasteiger partial charge in [-0.25, -0.2) is 23.7 Å². The molecule has 2 aliphatic rings. The molecule has 0 spiro atoms. The van der Waals surface area contributed by atoms with Crippen LogP contribution in [-0.2, 0) is 6.42 Å². The average Bonchev–Trinajstić information content (AvgIpc) is 3.41. The van der Waals surface area contributed by atoms with E-state index in [4.69, 9.17) is 23.2 Å². The molecule has 1 amide bonds. The Morgan fingerprint density at radius 2 is 2.13 bits per heavy atom. The second-order valence-electron chi connectivity index (χ2n) is 7.52. The number of rotatable bonds is 3. The lowest BCUT2D eigenvalue weighted by Crippen LogP contribution is -2.39. The molecule has 2 atom stereocenters. The smallest absolute Gasteiger partial charge is 0.334 e. The first-order chi connectivity index (χ1) is 14.4. The van der Waals surface area contributed by atoms with E-state index in [0.717, 1.165) is 23.8 Å². The Morgan fingerprint density at radius 1 is 1.30 bits per heavy atom. The summed E-state index contributed by atoms with van der Waals surface area (Å²) in [7, 11) is 0. The maximum Gasteiger partial charge on any atom is 0.348 e. The van der Waals surface area contributed by atoms with Crippen LogP contribution in [0.5, 0.6) is 0 Å². The van der Waals surface area contributed by atoms with E-state index in [1.165, 1.54) is 12.1 Å². The molecule has 0 radical (unpaired) electrons. The third kappa shape index (κ3) is 3.08. The first kappa shape index (κ1) is 19.5. The summed E-state index contributed by atoms with van der Waals surface area (Å²) in [5.41, 5.74) is 0.721. The molecule has 3 aromatic rings. The summed E-state index contributed by atoms with van der Waals surface area (Å²) in [6, 6.07) is 4.77. The number of fused-ring (bicyclic) bond motifs is 2. The molecule has 2 aliphatic heterocycles. The number of aromatic amines is 1. The number of H-pyrrole nitrogens is 1. The van der Waals surface area contributed by atoms with Gasteiger partial charge in [0.25, 0.3) is 5.91 Å². The van der Waals surface area contributed by atoms with Gasteiger partial charge in [0.15, 0.2) is 16.0 Å². The summed E-state index contributed by atoms with van der Waals surface area (Å²) in [4.78, 5) is 30.9. The van der Waals surface area contributed by atoms with Gasteiger partial charge in [-0.2, -0.15) is 5.10 Å². The summed E-state index contributed by atoms with van der Waals surface area (Å²) in [5.74, 6) is -0.873. The molecule has 2 N–H and O–H groups in total. The molecule has 8 nitrogen and oxygen atoms in total. The number of halogens is 3. The van der Waals surface area contributed by atoms with Crippen LogP contribution in [0.4, 0.5) is 4.39 Å². The highest BCUT2D eigenvalue weighted by Gasteiger charge is 2.40. The fourth-order valence-electron chi connectivity index (χ4n) is 4.40. The fraction of sp³-hybridized carbons (Fsp3) is 0.368. The Labute approximate surface area is 180 Å². The minimum atomic E-state index is -0.568. The number of carbonyl (C=O) groups excluding carboxylic acids is 1. The van der Waals surface area contributed by atoms with Crippen molar-refractivity contribution in [3.8, 4) is 0 Å². The van der Waals surface area contributed by atoms with Crippen molar-refractivity contribution in [2.45, 2.75) is 31.3 Å². The Hall–Kier alpha value is -2.49. The normalized spacial score (nSPS) is 20.8. The zero-order chi connectivity index (χ0) is 21.0. The van der Waals surface area contributed by atoms with E-state index in [1.807, 2.05) is 0 Å². The number of aromatic nitrogens is 4. The largest absolute Gasteiger partial charge is 0.348 e. The lowest BCUT2D eigenvalue weighted by Gasteiger charge is -2.23. The SMILES string of the molecule is O=C(c1cc(Cc2n[nH]c(=O)n3c(Cl)c(Cl)nc23)ccc1F)N1CCC2NCCC21. The number of likely N-dealkylation sites (tertiary alicyclic amines) is 1. The summed E-state index contributed by atoms with van der Waals surface area (Å²) in [6.45, 7) is 1.48. The maximum atomic E-state index is 14.5. The first-order valence-corrected chi connectivity index (χ1v) is 10.3. The average molecular weight is 451 g/mol. The highest BCUT2D eigenvalue weighted by molar-refractivity contribution is 6.40. The molecule has 5 rings (SSSR count). The van der Waals surface area contributed by atoms with Crippen LogP contribution in [0.3, 0.4) is 0 Å². The Kier molecular flexibility index (Phi) is 4.76. The molecule has 0 bridgehead atoms. The zero-order valence-corrected chi connectivity index (χ0v) is 17.2. The van der Waals surface area contributed by atoms with Gasteiger partial charge in [-0.05, 0) is 37.1 Å². The highest BCUT2D eigenvalue weighted by atomic mass is 35.5. The molecule has 1 aromatic carbocycles. The summed E-state index contributed by atoms with van der Waals surface area (Å²) >= 11 is 12.0. The van der Waals surface area contributed by atoms with Crippen molar-refractivity contribution in [1.29, 1.82) is 0 Å². The molecule has 156 valence electrons. The molecule has 2 saturated heterocycles. The van der Waals surface area contributed by atoms with E-state index < -0.39 is 11.5 Å². The van der Waals surface area contributed by atoms with Crippen molar-refractivity contribution in [2.24, 2.45) is 0 Å². The van der Waals surface area contributed by atoms with Crippen LogP contribution in [-0.4, -0.2) is 55.6 Å². The van der Waals surface area contributed by atoms with E-state index >= 15 is 0 Å². The second-order valence-corrected chi connectivity index (χ2v) is 8.24. The number of benzene rings is 1. The number of carbonyl (C=O) groups is 1. The van der Waals surface area contributed by atoms with Crippen LogP contribution in [0.1, 0.15) is 34.5 Å². The first-order valence-electron chi connectivity index (χ1n) is 9.58. The summed E-state index contributed by atoms with van der Waals surface area (Å²) < 4.78 is 15.7. The van der Waals surface area contributed by atoms with Crippen molar-refractivity contribution < 1.29 is 9.18 Å². The molecule has 4 heterocycles. The minimum Gasteiger partial charge on any atom is -0.334 e. The van der Waals surface area contributed by atoms with Crippen molar-refractivity contribution in [1.82, 2.24) is 29.8 Å². The molecule has 0 saturated carbocycles. The van der Waals surface area contributed by atoms with Gasteiger partial charge < -0.3 is 10.2 Å². The van der Waals surface area contributed by atoms with E-state index in [2.05, 4.69) is 20.5 Å². The number of nitrogens with one attached hydrogen (secondary N) is 2. The number of amides is 1. The Morgan fingerprint density at radius 3 is 2.97 bits per heavy atom. The Balaban J connectivity index is 1.48. The molecule has 2 fully saturated rings. The van der Waals surface area contributed by atoms with Crippen LogP contribution < -0.4 is 11.0 Å². The maximum absolute atomic E-state index is 14.5. The van der Waals surface area contributed by atoms with Gasteiger partial charge in [0.2, 0.25) is 0 Å². The van der Waals surface area contributed by atoms with Crippen molar-refractivity contribution in [2.75, 3.05) is 13.1 Å². The topological polar surface area (TPSA) is 95.4 Å². The molecule has 2 aromatic heterocycles. The van der Waals surface area contributed by atoms with Crippen LogP contribution in [0.25, 0.3) is 5.65 Å². The van der Waals surface area contributed by atoms with Gasteiger partial charge >= 0.3 is 5.69 Å². The monoisotopic (exact) mass is 450 g/mol. The third-order valence-electron chi connectivity index (χ3n) is 5.82. The van der Waals surface area contributed by atoms with Crippen LogP contribution in [0.15, 0.2) is 23.0 Å². The molecular formula is C19H17Cl2FN6O2. The van der Waals surface area contributed by atoms with Crippen LogP contribution in [0, 0.1) is 5.82 Å². The highest BCUT2D eigenvalue weighted by Crippen LogP contribution is 2.28. The van der Waals surface area contributed by atoms with Gasteiger partial charge in [-0.1, -0.05) is 29.3 Å². The van der Waals surface area contributed by atoms with Crippen LogP contribution in [0.2, 0.25) is 10.3 Å². The lowest BCUT2D eigenvalue weighted by molar-refractivity contribution is 0.0732. The van der Waals surface area contributed by atoms with Crippen molar-refractivity contribution >= 4 is 34.8 Å². The third-order valence-corrected chi connectivity index (χ3v) is 6.52. The molecular weight excluding hydrogens is 434 g/mol. The molecule has 11 heteroatoms. The minimum absolute atomic E-state index is 0.0136. The van der Waals surface area contributed by atoms with Gasteiger partial charge in [0.05, 0.1) is 5.56 Å². The number of hydrogen-bond acceptors (Lipinski definition) is 5. The van der Waals surface area contributed by atoms with Crippen molar-refractivity contribution in [3.63, 3.8) is 0 Å². The molecule has 0 aliphatic carbocycles. The van der Waals surface area contributed by atoms with Gasteiger partial charge in [-0.3, -0.25) is 4.79 Å². The number of nitrogens with zero attached hydrogens (tertiary/aromatic N) is 4. The lowest BCUT2D eigenvalue weighted by atomic mass is 10.0. The van der Waals surface area contributed by atoms with E-state index in [-0.39, 0.29) is 45.9 Å². The van der Waals surface area contributed by atoms with E-state index in [0.29, 0.717) is 17.8 Å². The van der Waals surface area contributed by atoms with Gasteiger partial charge in [-0.15, -0.1) is 0 Å². The van der Waals surface area contributed by atoms with E-state index in [1.54, 1.807) is 11.0 Å². The molecule has 30 heavy (non-hydrogen) atoms. The second kappa shape index (κ2) is 7.33. The summed E-state index contributed by atoms with van der Waals surface area (Å²) in [5, 5.41) is 9.75. The predicted molar refractivity (Wildman–Crippen MR) is 109 cm³/mol.